The Labute approximate surface area is 57.8 Å². The van der Waals surface area contributed by atoms with E-state index in [0.717, 1.165) is 5.56 Å². The van der Waals surface area contributed by atoms with E-state index in [9.17, 15) is 4.91 Å². The molecule has 10 heavy (non-hydrogen) atoms. The summed E-state index contributed by atoms with van der Waals surface area (Å²) in [5, 5.41) is 0. The van der Waals surface area contributed by atoms with Gasteiger partial charge in [0.05, 0.1) is 10.5 Å². The summed E-state index contributed by atoms with van der Waals surface area (Å²) in [7, 11) is 0. The molecule has 0 aliphatic carbocycles. The van der Waals surface area contributed by atoms with E-state index in [4.69, 9.17) is 4.84 Å². The highest BCUT2D eigenvalue weighted by atomic mass is 16.8. The number of nitrogens with zero attached hydrogens (tertiary/aromatic N) is 1. The van der Waals surface area contributed by atoms with Crippen LogP contribution in [-0.2, 0) is 11.4 Å². The van der Waals surface area contributed by atoms with Crippen LogP contribution in [0.15, 0.2) is 24.3 Å². The Morgan fingerprint density at radius 2 is 2.20 bits per heavy atom. The van der Waals surface area contributed by atoms with Gasteiger partial charge in [0, 0.05) is 6.07 Å². The number of fused-ring (bicyclic) bond motifs is 1. The van der Waals surface area contributed by atoms with Crippen molar-refractivity contribution >= 4 is 5.69 Å². The predicted molar refractivity (Wildman–Crippen MR) is 34.5 cm³/mol. The lowest BCUT2D eigenvalue weighted by atomic mass is 10.2. The van der Waals surface area contributed by atoms with Gasteiger partial charge in [0.25, 0.3) is 4.92 Å². The highest BCUT2D eigenvalue weighted by Crippen LogP contribution is 2.25. The molecule has 3 nitrogen and oxygen atoms in total. The Balaban J connectivity index is 2.61. The van der Waals surface area contributed by atoms with Crippen molar-refractivity contribution in [1.82, 2.24) is 0 Å². The minimum atomic E-state index is 0.402. The third kappa shape index (κ3) is 0.603. The molecule has 0 saturated carbocycles. The van der Waals surface area contributed by atoms with Crippen LogP contribution < -0.4 is 0 Å². The van der Waals surface area contributed by atoms with Crippen LogP contribution in [0.4, 0.5) is 5.69 Å². The topological polar surface area (TPSA) is 29.3 Å². The van der Waals surface area contributed by atoms with Gasteiger partial charge in [0.1, 0.15) is 0 Å². The molecular formula is C7H6NO2+. The van der Waals surface area contributed by atoms with Crippen LogP contribution >= 0.6 is 0 Å². The standard InChI is InChI=1S/C7H6NO2/c9-8-7-4-2-1-3-6(7)5-10-8/h1-4H,5H2/q+1. The lowest BCUT2D eigenvalue weighted by Gasteiger charge is -1.79. The van der Waals surface area contributed by atoms with Gasteiger partial charge in [-0.15, -0.1) is 0 Å². The van der Waals surface area contributed by atoms with E-state index in [0.29, 0.717) is 17.2 Å². The Hall–Kier alpha value is -1.38. The maximum absolute atomic E-state index is 10.8. The highest BCUT2D eigenvalue weighted by Gasteiger charge is 2.29. The van der Waals surface area contributed by atoms with Crippen LogP contribution in [-0.4, -0.2) is 4.92 Å². The van der Waals surface area contributed by atoms with Crippen LogP contribution in [0.25, 0.3) is 0 Å². The quantitative estimate of drug-likeness (QED) is 0.541. The number of hydrogen-bond acceptors (Lipinski definition) is 2. The molecule has 2 rings (SSSR count). The number of benzene rings is 1. The summed E-state index contributed by atoms with van der Waals surface area (Å²) in [5.41, 5.74) is 1.58. The van der Waals surface area contributed by atoms with Gasteiger partial charge in [-0.1, -0.05) is 12.1 Å². The number of para-hydroxylation sites is 1. The number of rotatable bonds is 0. The second-order valence-corrected chi connectivity index (χ2v) is 2.16. The van der Waals surface area contributed by atoms with Crippen molar-refractivity contribution in [2.24, 2.45) is 0 Å². The smallest absolute Gasteiger partial charge is 0.221 e. The van der Waals surface area contributed by atoms with Crippen LogP contribution in [0.2, 0.25) is 0 Å². The van der Waals surface area contributed by atoms with Crippen molar-refractivity contribution in [3.05, 3.63) is 34.7 Å². The van der Waals surface area contributed by atoms with Crippen molar-refractivity contribution in [3.63, 3.8) is 0 Å². The molecule has 0 radical (unpaired) electrons. The van der Waals surface area contributed by atoms with Gasteiger partial charge >= 0.3 is 5.69 Å². The normalized spacial score (nSPS) is 14.6. The lowest BCUT2D eigenvalue weighted by molar-refractivity contribution is -0.738. The Kier molecular flexibility index (Phi) is 0.974. The Morgan fingerprint density at radius 3 is 3.00 bits per heavy atom. The van der Waals surface area contributed by atoms with Crippen molar-refractivity contribution in [2.45, 2.75) is 6.61 Å². The van der Waals surface area contributed by atoms with Crippen LogP contribution in [0, 0.1) is 4.91 Å². The molecular weight excluding hydrogens is 130 g/mol. The molecule has 1 aliphatic rings. The molecule has 1 aromatic carbocycles. The minimum absolute atomic E-state index is 0.402. The zero-order valence-corrected chi connectivity index (χ0v) is 5.28. The molecule has 1 aromatic rings. The predicted octanol–water partition coefficient (Wildman–Crippen LogP) is 1.54. The Morgan fingerprint density at radius 1 is 1.40 bits per heavy atom. The van der Waals surface area contributed by atoms with E-state index in [-0.39, 0.29) is 0 Å². The Bertz CT molecular complexity index is 283. The van der Waals surface area contributed by atoms with E-state index < -0.39 is 0 Å². The molecule has 0 bridgehead atoms. The second kappa shape index (κ2) is 1.80. The summed E-state index contributed by atoms with van der Waals surface area (Å²) < 4.78 is 0. The summed E-state index contributed by atoms with van der Waals surface area (Å²) in [5.74, 6) is 0. The molecule has 0 atom stereocenters. The molecule has 0 aromatic heterocycles. The molecule has 50 valence electrons. The van der Waals surface area contributed by atoms with E-state index in [1.807, 2.05) is 18.2 Å². The van der Waals surface area contributed by atoms with Crippen molar-refractivity contribution in [1.29, 1.82) is 0 Å². The first kappa shape index (κ1) is 5.41. The van der Waals surface area contributed by atoms with E-state index in [1.165, 1.54) is 0 Å². The van der Waals surface area contributed by atoms with Crippen molar-refractivity contribution in [3.8, 4) is 0 Å². The number of hydrogen-bond donors (Lipinski definition) is 0. The molecule has 0 fully saturated rings. The average molecular weight is 136 g/mol. The summed E-state index contributed by atoms with van der Waals surface area (Å²) in [4.78, 5) is 16.0. The molecule has 1 aliphatic heterocycles. The highest BCUT2D eigenvalue weighted by molar-refractivity contribution is 5.39. The first-order valence-corrected chi connectivity index (χ1v) is 3.06. The zero-order valence-electron chi connectivity index (χ0n) is 5.28. The fraction of sp³-hybridized carbons (Fsp3) is 0.143. The van der Waals surface area contributed by atoms with Gasteiger partial charge in [0.15, 0.2) is 6.61 Å². The maximum atomic E-state index is 10.8. The maximum Gasteiger partial charge on any atom is 0.323 e. The van der Waals surface area contributed by atoms with E-state index in [2.05, 4.69) is 0 Å². The molecule has 0 amide bonds. The summed E-state index contributed by atoms with van der Waals surface area (Å²) in [6.45, 7) is 0.402. The van der Waals surface area contributed by atoms with Crippen LogP contribution in [0.5, 0.6) is 0 Å². The van der Waals surface area contributed by atoms with E-state index in [1.54, 1.807) is 6.07 Å². The third-order valence-corrected chi connectivity index (χ3v) is 1.53. The minimum Gasteiger partial charge on any atom is -0.221 e. The summed E-state index contributed by atoms with van der Waals surface area (Å²) in [6.07, 6.45) is 0. The van der Waals surface area contributed by atoms with Gasteiger partial charge in [-0.3, -0.25) is 0 Å². The van der Waals surface area contributed by atoms with Gasteiger partial charge in [-0.05, 0) is 6.07 Å². The van der Waals surface area contributed by atoms with E-state index >= 15 is 0 Å². The summed E-state index contributed by atoms with van der Waals surface area (Å²) in [6, 6.07) is 7.34. The monoisotopic (exact) mass is 136 g/mol. The second-order valence-electron chi connectivity index (χ2n) is 2.16. The van der Waals surface area contributed by atoms with Crippen LogP contribution in [0.1, 0.15) is 5.56 Å². The van der Waals surface area contributed by atoms with Crippen molar-refractivity contribution in [2.75, 3.05) is 0 Å². The fourth-order valence-corrected chi connectivity index (χ4v) is 1.01. The third-order valence-electron chi connectivity index (χ3n) is 1.53. The van der Waals surface area contributed by atoms with Gasteiger partial charge in [-0.25, -0.2) is 4.84 Å². The first-order chi connectivity index (χ1) is 4.88. The fourth-order valence-electron chi connectivity index (χ4n) is 1.01. The largest absolute Gasteiger partial charge is 0.323 e. The van der Waals surface area contributed by atoms with Gasteiger partial charge in [-0.2, -0.15) is 0 Å². The van der Waals surface area contributed by atoms with Crippen molar-refractivity contribution < 1.29 is 9.76 Å². The molecule has 0 spiro atoms. The lowest BCUT2D eigenvalue weighted by Crippen LogP contribution is -1.89. The first-order valence-electron chi connectivity index (χ1n) is 3.06. The molecule has 0 N–H and O–H groups in total. The summed E-state index contributed by atoms with van der Waals surface area (Å²) >= 11 is 0. The average Bonchev–Trinajstić information content (AvgIpc) is 2.34. The SMILES string of the molecule is O=[N+]1OCc2ccccc21. The molecule has 1 heterocycles. The van der Waals surface area contributed by atoms with Gasteiger partial charge in [0.2, 0.25) is 0 Å². The molecule has 0 saturated heterocycles. The zero-order chi connectivity index (χ0) is 6.97. The molecule has 0 unspecified atom stereocenters. The molecule has 3 heteroatoms. The van der Waals surface area contributed by atoms with Crippen LogP contribution in [0.3, 0.4) is 0 Å². The van der Waals surface area contributed by atoms with Gasteiger partial charge < -0.3 is 0 Å².